The molecule has 1 atom stereocenters. The third kappa shape index (κ3) is 3.69. The van der Waals surface area contributed by atoms with Crippen LogP contribution in [0.4, 0.5) is 5.82 Å². The second-order valence-electron chi connectivity index (χ2n) is 6.28. The van der Waals surface area contributed by atoms with E-state index in [-0.39, 0.29) is 6.10 Å². The van der Waals surface area contributed by atoms with E-state index in [0.717, 1.165) is 42.4 Å². The van der Waals surface area contributed by atoms with Gasteiger partial charge in [0.05, 0.1) is 25.5 Å². The van der Waals surface area contributed by atoms with Gasteiger partial charge in [0.1, 0.15) is 5.82 Å². The number of benzene rings is 1. The maximum atomic E-state index is 5.91. The molecule has 0 radical (unpaired) electrons. The van der Waals surface area contributed by atoms with Crippen LogP contribution >= 0.6 is 0 Å². The summed E-state index contributed by atoms with van der Waals surface area (Å²) in [5.41, 5.74) is 2.19. The zero-order valence-corrected chi connectivity index (χ0v) is 14.2. The van der Waals surface area contributed by atoms with Crippen molar-refractivity contribution >= 4 is 5.82 Å². The fraction of sp³-hybridized carbons (Fsp3) is 0.316. The smallest absolute Gasteiger partial charge is 0.161 e. The molecule has 0 spiro atoms. The lowest BCUT2D eigenvalue weighted by Gasteiger charge is -2.33. The summed E-state index contributed by atoms with van der Waals surface area (Å²) in [4.78, 5) is 11.4. The van der Waals surface area contributed by atoms with Crippen LogP contribution in [0.2, 0.25) is 0 Å². The molecule has 0 bridgehead atoms. The molecule has 1 aromatic carbocycles. The van der Waals surface area contributed by atoms with Crippen LogP contribution in [0, 0.1) is 6.92 Å². The highest BCUT2D eigenvalue weighted by Gasteiger charge is 2.22. The van der Waals surface area contributed by atoms with E-state index in [4.69, 9.17) is 9.72 Å². The topological polar surface area (TPSA) is 56.1 Å². The van der Waals surface area contributed by atoms with Gasteiger partial charge in [-0.2, -0.15) is 5.10 Å². The van der Waals surface area contributed by atoms with Gasteiger partial charge in [0.25, 0.3) is 0 Å². The highest BCUT2D eigenvalue weighted by Crippen LogP contribution is 2.20. The molecule has 3 heterocycles. The van der Waals surface area contributed by atoms with Gasteiger partial charge in [-0.15, -0.1) is 0 Å². The van der Waals surface area contributed by atoms with Crippen molar-refractivity contribution in [3.05, 3.63) is 60.6 Å². The summed E-state index contributed by atoms with van der Waals surface area (Å²) in [6.45, 7) is 5.12. The second kappa shape index (κ2) is 7.03. The first-order valence-corrected chi connectivity index (χ1v) is 8.52. The molecular weight excluding hydrogens is 314 g/mol. The van der Waals surface area contributed by atoms with Crippen LogP contribution < -0.4 is 4.90 Å². The Hall–Kier alpha value is -2.73. The summed E-state index contributed by atoms with van der Waals surface area (Å²) < 4.78 is 7.86. The minimum atomic E-state index is 0.100. The maximum Gasteiger partial charge on any atom is 0.161 e. The second-order valence-corrected chi connectivity index (χ2v) is 6.28. The van der Waals surface area contributed by atoms with Crippen molar-refractivity contribution in [3.8, 4) is 11.4 Å². The summed E-state index contributed by atoms with van der Waals surface area (Å²) in [5, 5.41) is 4.35. The van der Waals surface area contributed by atoms with Crippen molar-refractivity contribution < 1.29 is 4.74 Å². The van der Waals surface area contributed by atoms with E-state index in [9.17, 15) is 0 Å². The molecule has 3 aromatic rings. The number of aryl methyl sites for hydroxylation is 1. The lowest BCUT2D eigenvalue weighted by molar-refractivity contribution is 0.0272. The molecule has 0 saturated carbocycles. The molecule has 1 fully saturated rings. The molecule has 0 N–H and O–H groups in total. The lowest BCUT2D eigenvalue weighted by Crippen LogP contribution is -2.44. The first kappa shape index (κ1) is 15.8. The van der Waals surface area contributed by atoms with Gasteiger partial charge in [-0.25, -0.2) is 9.97 Å². The molecule has 6 nitrogen and oxygen atoms in total. The highest BCUT2D eigenvalue weighted by atomic mass is 16.5. The third-order valence-electron chi connectivity index (χ3n) is 4.29. The fourth-order valence-electron chi connectivity index (χ4n) is 3.06. The SMILES string of the molecule is Cc1cnn(CC2CN(c3ccnc(-c4ccccc4)n3)CCO2)c1. The quantitative estimate of drug-likeness (QED) is 0.733. The Labute approximate surface area is 147 Å². The number of anilines is 1. The molecule has 6 heteroatoms. The van der Waals surface area contributed by atoms with Gasteiger partial charge >= 0.3 is 0 Å². The number of morpholine rings is 1. The van der Waals surface area contributed by atoms with Crippen LogP contribution in [0.25, 0.3) is 11.4 Å². The van der Waals surface area contributed by atoms with E-state index in [2.05, 4.69) is 15.0 Å². The monoisotopic (exact) mass is 335 g/mol. The first-order chi connectivity index (χ1) is 12.3. The predicted octanol–water partition coefficient (Wildman–Crippen LogP) is 2.55. The summed E-state index contributed by atoms with van der Waals surface area (Å²) in [7, 11) is 0. The Morgan fingerprint density at radius 3 is 2.88 bits per heavy atom. The van der Waals surface area contributed by atoms with Crippen molar-refractivity contribution in [2.24, 2.45) is 0 Å². The Balaban J connectivity index is 1.49. The Kier molecular flexibility index (Phi) is 4.43. The standard InChI is InChI=1S/C19H21N5O/c1-15-11-21-24(12-15)14-17-13-23(9-10-25-17)18-7-8-20-19(22-18)16-5-3-2-4-6-16/h2-8,11-12,17H,9-10,13-14H2,1H3. The minimum absolute atomic E-state index is 0.100. The number of rotatable bonds is 4. The van der Waals surface area contributed by atoms with Gasteiger partial charge in [-0.05, 0) is 18.6 Å². The molecule has 1 aliphatic rings. The van der Waals surface area contributed by atoms with E-state index in [1.165, 1.54) is 0 Å². The zero-order valence-electron chi connectivity index (χ0n) is 14.2. The van der Waals surface area contributed by atoms with Crippen molar-refractivity contribution in [3.63, 3.8) is 0 Å². The highest BCUT2D eigenvalue weighted by molar-refractivity contribution is 5.57. The summed E-state index contributed by atoms with van der Waals surface area (Å²) >= 11 is 0. The molecule has 2 aromatic heterocycles. The number of aromatic nitrogens is 4. The largest absolute Gasteiger partial charge is 0.373 e. The fourth-order valence-corrected chi connectivity index (χ4v) is 3.06. The number of nitrogens with zero attached hydrogens (tertiary/aromatic N) is 5. The number of hydrogen-bond donors (Lipinski definition) is 0. The van der Waals surface area contributed by atoms with Crippen molar-refractivity contribution in [1.29, 1.82) is 0 Å². The van der Waals surface area contributed by atoms with Gasteiger partial charge in [0.15, 0.2) is 5.82 Å². The Morgan fingerprint density at radius 2 is 2.08 bits per heavy atom. The molecule has 25 heavy (non-hydrogen) atoms. The van der Waals surface area contributed by atoms with Crippen molar-refractivity contribution in [1.82, 2.24) is 19.7 Å². The Bertz CT molecular complexity index is 833. The van der Waals surface area contributed by atoms with Crippen LogP contribution in [-0.2, 0) is 11.3 Å². The predicted molar refractivity (Wildman–Crippen MR) is 96.4 cm³/mol. The Morgan fingerprint density at radius 1 is 1.20 bits per heavy atom. The summed E-state index contributed by atoms with van der Waals surface area (Å²) in [6.07, 6.45) is 5.84. The van der Waals surface area contributed by atoms with Crippen LogP contribution in [-0.4, -0.2) is 45.5 Å². The summed E-state index contributed by atoms with van der Waals surface area (Å²) in [6, 6.07) is 12.0. The number of hydrogen-bond acceptors (Lipinski definition) is 5. The molecule has 0 aliphatic carbocycles. The van der Waals surface area contributed by atoms with Crippen LogP contribution in [0.3, 0.4) is 0 Å². The average molecular weight is 335 g/mol. The lowest BCUT2D eigenvalue weighted by atomic mass is 10.2. The summed E-state index contributed by atoms with van der Waals surface area (Å²) in [5.74, 6) is 1.70. The van der Waals surface area contributed by atoms with Gasteiger partial charge < -0.3 is 9.64 Å². The molecule has 1 saturated heterocycles. The molecule has 4 rings (SSSR count). The van der Waals surface area contributed by atoms with Gasteiger partial charge in [0, 0.05) is 31.0 Å². The van der Waals surface area contributed by atoms with E-state index < -0.39 is 0 Å². The average Bonchev–Trinajstić information content (AvgIpc) is 3.07. The van der Waals surface area contributed by atoms with E-state index in [1.807, 2.05) is 66.6 Å². The van der Waals surface area contributed by atoms with Gasteiger partial charge in [-0.1, -0.05) is 30.3 Å². The molecular formula is C19H21N5O. The van der Waals surface area contributed by atoms with Crippen molar-refractivity contribution in [2.75, 3.05) is 24.6 Å². The van der Waals surface area contributed by atoms with Crippen LogP contribution in [0.15, 0.2) is 55.0 Å². The molecule has 1 unspecified atom stereocenters. The third-order valence-corrected chi connectivity index (χ3v) is 4.29. The van der Waals surface area contributed by atoms with Crippen LogP contribution in [0.1, 0.15) is 5.56 Å². The first-order valence-electron chi connectivity index (χ1n) is 8.52. The minimum Gasteiger partial charge on any atom is -0.373 e. The van der Waals surface area contributed by atoms with E-state index in [0.29, 0.717) is 6.61 Å². The van der Waals surface area contributed by atoms with Crippen molar-refractivity contribution in [2.45, 2.75) is 19.6 Å². The van der Waals surface area contributed by atoms with Gasteiger partial charge in [-0.3, -0.25) is 4.68 Å². The number of ether oxygens (including phenoxy) is 1. The molecule has 0 amide bonds. The maximum absolute atomic E-state index is 5.91. The van der Waals surface area contributed by atoms with E-state index in [1.54, 1.807) is 0 Å². The van der Waals surface area contributed by atoms with Gasteiger partial charge in [0.2, 0.25) is 0 Å². The normalized spacial score (nSPS) is 17.6. The molecule has 128 valence electrons. The molecule has 1 aliphatic heterocycles. The zero-order chi connectivity index (χ0) is 17.1. The van der Waals surface area contributed by atoms with E-state index >= 15 is 0 Å². The van der Waals surface area contributed by atoms with Crippen LogP contribution in [0.5, 0.6) is 0 Å².